The normalized spacial score (nSPS) is 11.3. The Kier molecular flexibility index (Phi) is 20.0. The van der Waals surface area contributed by atoms with Crippen molar-refractivity contribution in [2.24, 2.45) is 5.41 Å². The van der Waals surface area contributed by atoms with E-state index in [1.54, 1.807) is 13.8 Å². The van der Waals surface area contributed by atoms with Crippen molar-refractivity contribution in [1.82, 2.24) is 0 Å². The van der Waals surface area contributed by atoms with E-state index in [1.807, 2.05) is 0 Å². The summed E-state index contributed by atoms with van der Waals surface area (Å²) in [6, 6.07) is 28.8. The molecule has 328 valence electrons. The van der Waals surface area contributed by atoms with Gasteiger partial charge < -0.3 is 24.4 Å². The van der Waals surface area contributed by atoms with E-state index in [4.69, 9.17) is 14.2 Å². The molecule has 0 spiro atoms. The van der Waals surface area contributed by atoms with Crippen molar-refractivity contribution < 1.29 is 34.0 Å². The topological polar surface area (TPSA) is 102 Å². The first-order chi connectivity index (χ1) is 29.5. The van der Waals surface area contributed by atoms with Gasteiger partial charge >= 0.3 is 11.9 Å². The minimum Gasteiger partial charge on any atom is -0.493 e. The lowest BCUT2D eigenvalue weighted by atomic mass is 9.81. The van der Waals surface area contributed by atoms with Gasteiger partial charge in [-0.15, -0.1) is 0 Å². The molecule has 7 nitrogen and oxygen atoms in total. The second kappa shape index (κ2) is 25.1. The van der Waals surface area contributed by atoms with Crippen molar-refractivity contribution in [2.75, 3.05) is 33.0 Å². The van der Waals surface area contributed by atoms with E-state index in [0.29, 0.717) is 56.3 Å². The zero-order valence-electron chi connectivity index (χ0n) is 37.6. The van der Waals surface area contributed by atoms with Gasteiger partial charge in [0.25, 0.3) is 0 Å². The second-order valence-corrected chi connectivity index (χ2v) is 16.6. The van der Waals surface area contributed by atoms with Crippen LogP contribution in [-0.2, 0) is 44.7 Å². The van der Waals surface area contributed by atoms with Gasteiger partial charge in [0.2, 0.25) is 0 Å². The molecule has 0 aliphatic heterocycles. The van der Waals surface area contributed by atoms with Gasteiger partial charge in [-0.2, -0.15) is 0 Å². The van der Waals surface area contributed by atoms with Crippen LogP contribution in [0.15, 0.2) is 103 Å². The number of aliphatic hydroxyl groups excluding tert-OH is 2. The molecule has 0 radical (unpaired) electrons. The fourth-order valence-corrected chi connectivity index (χ4v) is 7.63. The average Bonchev–Trinajstić information content (AvgIpc) is 3.28. The van der Waals surface area contributed by atoms with Crippen LogP contribution in [0, 0.1) is 5.41 Å². The van der Waals surface area contributed by atoms with Crippen LogP contribution in [0.1, 0.15) is 115 Å². The van der Waals surface area contributed by atoms with Gasteiger partial charge in [0, 0.05) is 16.6 Å². The molecule has 0 atom stereocenters. The molecule has 0 saturated carbocycles. The zero-order chi connectivity index (χ0) is 44.2. The molecule has 4 aromatic rings. The standard InChI is InChI=1S/C54H70O7/c1-8-11-13-16-41-19-21-43(22-20-41)44-23-25-45(26-24-44)46-27-28-50(42(10-3)34-46)49-35-47(17-14-31-60-52(57)39(4)5)51(48(36-49)18-15-32-61-53(58)40(6)7)59-33-30-54(37-55,38-56)29-12-9-2/h19-28,34-36,55-56H,4,6,8-18,29-33,37-38H2,1-3,5,7H3. The molecule has 4 rings (SSSR count). The molecule has 0 unspecified atom stereocenters. The molecular weight excluding hydrogens is 761 g/mol. The summed E-state index contributed by atoms with van der Waals surface area (Å²) in [5, 5.41) is 20.7. The maximum Gasteiger partial charge on any atom is 0.333 e. The number of aliphatic hydroxyl groups is 2. The minimum absolute atomic E-state index is 0.124. The highest BCUT2D eigenvalue weighted by Crippen LogP contribution is 2.38. The maximum absolute atomic E-state index is 12.2. The van der Waals surface area contributed by atoms with E-state index in [9.17, 15) is 19.8 Å². The predicted octanol–water partition coefficient (Wildman–Crippen LogP) is 12.0. The number of benzene rings is 4. The summed E-state index contributed by atoms with van der Waals surface area (Å²) in [7, 11) is 0. The molecule has 4 aromatic carbocycles. The Morgan fingerprint density at radius 2 is 1.05 bits per heavy atom. The third-order valence-corrected chi connectivity index (χ3v) is 11.6. The van der Waals surface area contributed by atoms with Gasteiger partial charge in [0.1, 0.15) is 5.75 Å². The van der Waals surface area contributed by atoms with Crippen LogP contribution in [0.3, 0.4) is 0 Å². The second-order valence-electron chi connectivity index (χ2n) is 16.6. The Morgan fingerprint density at radius 3 is 1.54 bits per heavy atom. The maximum atomic E-state index is 12.2. The molecule has 0 bridgehead atoms. The molecule has 61 heavy (non-hydrogen) atoms. The molecule has 2 N–H and O–H groups in total. The number of unbranched alkanes of at least 4 members (excludes halogenated alkanes) is 3. The fourth-order valence-electron chi connectivity index (χ4n) is 7.63. The van der Waals surface area contributed by atoms with Crippen LogP contribution in [-0.4, -0.2) is 55.2 Å². The quantitative estimate of drug-likeness (QED) is 0.0350. The van der Waals surface area contributed by atoms with Gasteiger partial charge in [0.05, 0.1) is 33.0 Å². The van der Waals surface area contributed by atoms with Crippen molar-refractivity contribution in [2.45, 2.75) is 118 Å². The largest absolute Gasteiger partial charge is 0.493 e. The van der Waals surface area contributed by atoms with Crippen molar-refractivity contribution in [3.05, 3.63) is 125 Å². The van der Waals surface area contributed by atoms with Crippen LogP contribution in [0.4, 0.5) is 0 Å². The summed E-state index contributed by atoms with van der Waals surface area (Å²) in [5.41, 5.74) is 11.5. The third-order valence-electron chi connectivity index (χ3n) is 11.6. The molecule has 0 aliphatic rings. The molecule has 0 heterocycles. The Balaban J connectivity index is 1.69. The highest BCUT2D eigenvalue weighted by molar-refractivity contribution is 5.87. The molecule has 7 heteroatoms. The van der Waals surface area contributed by atoms with Gasteiger partial charge in [-0.05, 0) is 139 Å². The molecule has 0 fully saturated rings. The summed E-state index contributed by atoms with van der Waals surface area (Å²) in [5.74, 6) is -0.0936. The van der Waals surface area contributed by atoms with Crippen molar-refractivity contribution in [1.29, 1.82) is 0 Å². The number of hydrogen-bond donors (Lipinski definition) is 2. The van der Waals surface area contributed by atoms with E-state index in [2.05, 4.69) is 113 Å². The van der Waals surface area contributed by atoms with E-state index < -0.39 is 17.4 Å². The monoisotopic (exact) mass is 831 g/mol. The number of esters is 2. The van der Waals surface area contributed by atoms with E-state index in [0.717, 1.165) is 64.8 Å². The van der Waals surface area contributed by atoms with Gasteiger partial charge in [0.15, 0.2) is 0 Å². The van der Waals surface area contributed by atoms with Crippen LogP contribution in [0.25, 0.3) is 33.4 Å². The fraction of sp³-hybridized carbons (Fsp3) is 0.444. The summed E-state index contributed by atoms with van der Waals surface area (Å²) in [4.78, 5) is 24.4. The van der Waals surface area contributed by atoms with Crippen LogP contribution < -0.4 is 4.74 Å². The van der Waals surface area contributed by atoms with E-state index in [1.165, 1.54) is 41.5 Å². The van der Waals surface area contributed by atoms with E-state index in [-0.39, 0.29) is 26.4 Å². The van der Waals surface area contributed by atoms with Gasteiger partial charge in [-0.1, -0.05) is 126 Å². The summed E-state index contributed by atoms with van der Waals surface area (Å²) >= 11 is 0. The van der Waals surface area contributed by atoms with Crippen molar-refractivity contribution >= 4 is 11.9 Å². The lowest BCUT2D eigenvalue weighted by Gasteiger charge is -2.30. The SMILES string of the molecule is C=C(C)C(=O)OCCCc1cc(-c2ccc(-c3ccc(-c4ccc(CCCCC)cc4)cc3)cc2CC)cc(CCCOC(=O)C(=C)C)c1OCCC(CO)(CO)CCCC. The molecule has 0 saturated heterocycles. The lowest BCUT2D eigenvalue weighted by molar-refractivity contribution is -0.139. The number of rotatable bonds is 27. The minimum atomic E-state index is -0.638. The predicted molar refractivity (Wildman–Crippen MR) is 250 cm³/mol. The highest BCUT2D eigenvalue weighted by atomic mass is 16.5. The molecule has 0 aromatic heterocycles. The molecule has 0 amide bonds. The van der Waals surface area contributed by atoms with Crippen LogP contribution >= 0.6 is 0 Å². The van der Waals surface area contributed by atoms with Gasteiger partial charge in [-0.3, -0.25) is 0 Å². The Morgan fingerprint density at radius 1 is 0.557 bits per heavy atom. The van der Waals surface area contributed by atoms with Crippen LogP contribution in [0.5, 0.6) is 5.75 Å². The number of carbonyl (C=O) groups is 2. The average molecular weight is 831 g/mol. The first-order valence-electron chi connectivity index (χ1n) is 22.5. The highest BCUT2D eigenvalue weighted by Gasteiger charge is 2.28. The summed E-state index contributed by atoms with van der Waals surface area (Å²) in [6.45, 7) is 17.7. The van der Waals surface area contributed by atoms with Crippen LogP contribution in [0.2, 0.25) is 0 Å². The Hall–Kier alpha value is -4.98. The van der Waals surface area contributed by atoms with E-state index >= 15 is 0 Å². The van der Waals surface area contributed by atoms with Crippen molar-refractivity contribution in [3.8, 4) is 39.1 Å². The Labute approximate surface area is 365 Å². The first-order valence-corrected chi connectivity index (χ1v) is 22.5. The zero-order valence-corrected chi connectivity index (χ0v) is 37.6. The molecule has 0 aliphatic carbocycles. The third kappa shape index (κ3) is 14.6. The summed E-state index contributed by atoms with van der Waals surface area (Å²) < 4.78 is 17.6. The summed E-state index contributed by atoms with van der Waals surface area (Å²) in [6.07, 6.45) is 11.0. The van der Waals surface area contributed by atoms with Crippen molar-refractivity contribution in [3.63, 3.8) is 0 Å². The van der Waals surface area contributed by atoms with Gasteiger partial charge in [-0.25, -0.2) is 9.59 Å². The lowest BCUT2D eigenvalue weighted by Crippen LogP contribution is -2.32. The number of hydrogen-bond acceptors (Lipinski definition) is 7. The molecular formula is C54H70O7. The number of aryl methyl sites for hydroxylation is 4. The first kappa shape index (κ1) is 48.7. The number of carbonyl (C=O) groups excluding carboxylic acids is 2. The smallest absolute Gasteiger partial charge is 0.333 e. The number of ether oxygens (including phenoxy) is 3. The Bertz CT molecular complexity index is 1970.